The maximum absolute atomic E-state index is 12.0. The Balaban J connectivity index is 2.07. The molecule has 2 rings (SSSR count). The van der Waals surface area contributed by atoms with Crippen LogP contribution in [-0.2, 0) is 9.59 Å². The lowest BCUT2D eigenvalue weighted by Gasteiger charge is -2.29. The number of β-amino-alcohol motifs (C(OH)–C–C–N with tert-alkyl or cyclic N) is 1. The van der Waals surface area contributed by atoms with Crippen LogP contribution >= 0.6 is 11.8 Å². The minimum absolute atomic E-state index is 0.105. The molecule has 1 saturated carbocycles. The Morgan fingerprint density at radius 3 is 2.24 bits per heavy atom. The average molecular weight is 257 g/mol. The van der Waals surface area contributed by atoms with E-state index in [-0.39, 0.29) is 35.6 Å². The molecule has 2 amide bonds. The summed E-state index contributed by atoms with van der Waals surface area (Å²) in [6.07, 6.45) is 1.89. The number of piperidine rings is 1. The van der Waals surface area contributed by atoms with E-state index in [1.807, 2.05) is 20.1 Å². The van der Waals surface area contributed by atoms with Crippen molar-refractivity contribution < 1.29 is 14.7 Å². The maximum atomic E-state index is 12.0. The normalized spacial score (nSPS) is 33.6. The predicted molar refractivity (Wildman–Crippen MR) is 66.5 cm³/mol. The van der Waals surface area contributed by atoms with E-state index in [9.17, 15) is 14.7 Å². The highest BCUT2D eigenvalue weighted by molar-refractivity contribution is 7.98. The van der Waals surface area contributed by atoms with Crippen molar-refractivity contribution in [1.29, 1.82) is 0 Å². The van der Waals surface area contributed by atoms with E-state index in [1.165, 1.54) is 16.7 Å². The number of amides is 2. The Morgan fingerprint density at radius 1 is 1.35 bits per heavy atom. The van der Waals surface area contributed by atoms with Crippen molar-refractivity contribution in [3.8, 4) is 0 Å². The fourth-order valence-corrected chi connectivity index (χ4v) is 3.57. The quantitative estimate of drug-likeness (QED) is 0.755. The van der Waals surface area contributed by atoms with Gasteiger partial charge in [-0.15, -0.1) is 0 Å². The van der Waals surface area contributed by atoms with E-state index in [4.69, 9.17) is 0 Å². The van der Waals surface area contributed by atoms with Crippen LogP contribution in [0.2, 0.25) is 0 Å². The van der Waals surface area contributed by atoms with Crippen LogP contribution in [0.25, 0.3) is 0 Å². The molecule has 1 aliphatic carbocycles. The number of nitrogens with zero attached hydrogens (tertiary/aromatic N) is 1. The molecule has 0 radical (unpaired) electrons. The summed E-state index contributed by atoms with van der Waals surface area (Å²) < 4.78 is 0. The van der Waals surface area contributed by atoms with E-state index in [1.54, 1.807) is 6.92 Å². The van der Waals surface area contributed by atoms with Crippen LogP contribution in [0.1, 0.15) is 20.8 Å². The number of thioether (sulfide) groups is 1. The second-order valence-corrected chi connectivity index (χ2v) is 6.84. The van der Waals surface area contributed by atoms with E-state index < -0.39 is 5.60 Å². The van der Waals surface area contributed by atoms with Crippen LogP contribution in [0.5, 0.6) is 0 Å². The number of hydrogen-bond donors (Lipinski definition) is 1. The number of hydrogen-bond acceptors (Lipinski definition) is 4. The summed E-state index contributed by atoms with van der Waals surface area (Å²) in [7, 11) is 0. The van der Waals surface area contributed by atoms with Gasteiger partial charge in [0.2, 0.25) is 11.8 Å². The first-order valence-corrected chi connectivity index (χ1v) is 7.18. The van der Waals surface area contributed by atoms with Crippen molar-refractivity contribution in [2.45, 2.75) is 26.4 Å². The summed E-state index contributed by atoms with van der Waals surface area (Å²) in [5.41, 5.74) is -1.16. The Bertz CT molecular complexity index is 354. The van der Waals surface area contributed by atoms with Gasteiger partial charge < -0.3 is 5.11 Å². The minimum atomic E-state index is -0.994. The third-order valence-corrected chi connectivity index (χ3v) is 4.76. The second-order valence-electron chi connectivity index (χ2n) is 5.97. The molecule has 5 heteroatoms. The van der Waals surface area contributed by atoms with Gasteiger partial charge in [0.25, 0.3) is 0 Å². The lowest BCUT2D eigenvalue weighted by atomic mass is 10.0. The van der Waals surface area contributed by atoms with Gasteiger partial charge in [-0.25, -0.2) is 0 Å². The lowest BCUT2D eigenvalue weighted by molar-refractivity contribution is -0.146. The topological polar surface area (TPSA) is 57.6 Å². The molecule has 0 bridgehead atoms. The Morgan fingerprint density at radius 2 is 1.82 bits per heavy atom. The third-order valence-electron chi connectivity index (χ3n) is 3.85. The molecule has 1 N–H and O–H groups in total. The first-order chi connectivity index (χ1) is 7.72. The highest BCUT2D eigenvalue weighted by Gasteiger charge is 2.72. The number of aliphatic hydroxyl groups is 1. The van der Waals surface area contributed by atoms with Gasteiger partial charge in [-0.3, -0.25) is 14.5 Å². The van der Waals surface area contributed by atoms with Gasteiger partial charge >= 0.3 is 0 Å². The monoisotopic (exact) mass is 257 g/mol. The fraction of sp³-hybridized carbons (Fsp3) is 0.833. The van der Waals surface area contributed by atoms with Crippen LogP contribution < -0.4 is 0 Å². The number of rotatable bonds is 4. The summed E-state index contributed by atoms with van der Waals surface area (Å²) in [5, 5.41) is 10.1. The minimum Gasteiger partial charge on any atom is -0.387 e. The number of likely N-dealkylation sites (tertiary alicyclic amines) is 1. The molecule has 3 unspecified atom stereocenters. The molecule has 2 aliphatic rings. The fourth-order valence-electron chi connectivity index (χ4n) is 2.86. The zero-order chi connectivity index (χ0) is 13.0. The van der Waals surface area contributed by atoms with E-state index in [2.05, 4.69) is 0 Å². The number of carbonyl (C=O) groups is 2. The van der Waals surface area contributed by atoms with Crippen molar-refractivity contribution in [3.05, 3.63) is 0 Å². The van der Waals surface area contributed by atoms with Crippen molar-refractivity contribution in [2.24, 2.45) is 17.3 Å². The molecule has 0 spiro atoms. The molecule has 1 saturated heterocycles. The molecule has 0 aromatic heterocycles. The molecule has 1 heterocycles. The molecular weight excluding hydrogens is 238 g/mol. The first kappa shape index (κ1) is 12.9. The smallest absolute Gasteiger partial charge is 0.233 e. The van der Waals surface area contributed by atoms with Gasteiger partial charge in [0.05, 0.1) is 24.0 Å². The van der Waals surface area contributed by atoms with E-state index in [0.29, 0.717) is 5.75 Å². The standard InChI is InChI=1S/C12H19NO3S/c1-11(2)7-8(11)10(15)13(9(7)14)5-12(3,16)6-17-4/h7-8,16H,5-6H2,1-4H3. The Labute approximate surface area is 106 Å². The van der Waals surface area contributed by atoms with Gasteiger partial charge in [0.15, 0.2) is 0 Å². The van der Waals surface area contributed by atoms with Crippen molar-refractivity contribution >= 4 is 23.6 Å². The summed E-state index contributed by atoms with van der Waals surface area (Å²) in [4.78, 5) is 25.3. The molecule has 1 aliphatic heterocycles. The predicted octanol–water partition coefficient (Wildman–Crippen LogP) is 0.741. The van der Waals surface area contributed by atoms with Crippen LogP contribution in [-0.4, -0.2) is 46.0 Å². The summed E-state index contributed by atoms with van der Waals surface area (Å²) in [6.45, 7) is 5.69. The highest BCUT2D eigenvalue weighted by atomic mass is 32.2. The van der Waals surface area contributed by atoms with Crippen molar-refractivity contribution in [1.82, 2.24) is 4.90 Å². The van der Waals surface area contributed by atoms with Crippen LogP contribution in [0, 0.1) is 17.3 Å². The Kier molecular flexibility index (Phi) is 2.82. The number of imide groups is 1. The molecule has 0 aromatic carbocycles. The maximum Gasteiger partial charge on any atom is 0.233 e. The van der Waals surface area contributed by atoms with Crippen molar-refractivity contribution in [3.63, 3.8) is 0 Å². The molecule has 4 nitrogen and oxygen atoms in total. The molecule has 2 fully saturated rings. The van der Waals surface area contributed by atoms with Gasteiger partial charge in [-0.2, -0.15) is 11.8 Å². The number of carbonyl (C=O) groups excluding carboxylic acids is 2. The SMILES string of the molecule is CSCC(C)(O)CN1C(=O)C2C(C1=O)C2(C)C. The van der Waals surface area contributed by atoms with Crippen LogP contribution in [0.3, 0.4) is 0 Å². The lowest BCUT2D eigenvalue weighted by Crippen LogP contribution is -2.47. The zero-order valence-corrected chi connectivity index (χ0v) is 11.5. The first-order valence-electron chi connectivity index (χ1n) is 5.79. The molecule has 0 aromatic rings. The summed E-state index contributed by atoms with van der Waals surface area (Å²) in [5.74, 6) is 0.000834. The van der Waals surface area contributed by atoms with Gasteiger partial charge in [0, 0.05) is 5.75 Å². The van der Waals surface area contributed by atoms with E-state index >= 15 is 0 Å². The third kappa shape index (κ3) is 1.89. The number of fused-ring (bicyclic) bond motifs is 1. The second kappa shape index (κ2) is 3.72. The summed E-state index contributed by atoms with van der Waals surface area (Å²) in [6, 6.07) is 0. The zero-order valence-electron chi connectivity index (χ0n) is 10.7. The molecule has 3 atom stereocenters. The summed E-state index contributed by atoms with van der Waals surface area (Å²) >= 11 is 1.51. The highest BCUT2D eigenvalue weighted by Crippen LogP contribution is 2.63. The van der Waals surface area contributed by atoms with Gasteiger partial charge in [-0.05, 0) is 18.6 Å². The van der Waals surface area contributed by atoms with E-state index in [0.717, 1.165) is 0 Å². The largest absolute Gasteiger partial charge is 0.387 e. The molecule has 17 heavy (non-hydrogen) atoms. The molecule has 96 valence electrons. The van der Waals surface area contributed by atoms with Crippen molar-refractivity contribution in [2.75, 3.05) is 18.6 Å². The van der Waals surface area contributed by atoms with Gasteiger partial charge in [0.1, 0.15) is 0 Å². The van der Waals surface area contributed by atoms with Crippen LogP contribution in [0.15, 0.2) is 0 Å². The van der Waals surface area contributed by atoms with Crippen LogP contribution in [0.4, 0.5) is 0 Å². The molecular formula is C12H19NO3S. The average Bonchev–Trinajstić information content (AvgIpc) is 2.65. The Hall–Kier alpha value is -0.550. The van der Waals surface area contributed by atoms with Gasteiger partial charge in [-0.1, -0.05) is 13.8 Å².